The van der Waals surface area contributed by atoms with Crippen LogP contribution in [0.3, 0.4) is 0 Å². The summed E-state index contributed by atoms with van der Waals surface area (Å²) in [6, 6.07) is 4.16. The van der Waals surface area contributed by atoms with Gasteiger partial charge in [-0.15, -0.1) is 0 Å². The summed E-state index contributed by atoms with van der Waals surface area (Å²) in [6.45, 7) is 0.605. The van der Waals surface area contributed by atoms with Crippen molar-refractivity contribution in [2.24, 2.45) is 5.73 Å². The Labute approximate surface area is 87.7 Å². The molecule has 0 amide bonds. The van der Waals surface area contributed by atoms with E-state index >= 15 is 0 Å². The molecule has 82 valence electrons. The van der Waals surface area contributed by atoms with Gasteiger partial charge < -0.3 is 15.6 Å². The lowest BCUT2D eigenvalue weighted by molar-refractivity contribution is 0.0371. The lowest BCUT2D eigenvalue weighted by Crippen LogP contribution is -2.34. The summed E-state index contributed by atoms with van der Waals surface area (Å²) in [6.07, 6.45) is 1.21. The van der Waals surface area contributed by atoms with E-state index in [1.54, 1.807) is 0 Å². The lowest BCUT2D eigenvalue weighted by Gasteiger charge is -2.25. The highest BCUT2D eigenvalue weighted by atomic mass is 19.1. The minimum atomic E-state index is -1.16. The van der Waals surface area contributed by atoms with Crippen molar-refractivity contribution in [3.8, 4) is 5.75 Å². The van der Waals surface area contributed by atoms with Gasteiger partial charge in [0.05, 0.1) is 6.61 Å². The van der Waals surface area contributed by atoms with Crippen molar-refractivity contribution in [2.75, 3.05) is 13.2 Å². The first-order chi connectivity index (χ1) is 7.15. The van der Waals surface area contributed by atoms with Crippen LogP contribution in [0, 0.1) is 5.82 Å². The number of halogens is 1. The molecule has 15 heavy (non-hydrogen) atoms. The third kappa shape index (κ3) is 1.82. The van der Waals surface area contributed by atoms with Crippen LogP contribution < -0.4 is 10.5 Å². The highest BCUT2D eigenvalue weighted by Gasteiger charge is 2.32. The topological polar surface area (TPSA) is 55.5 Å². The molecule has 1 unspecified atom stereocenters. The van der Waals surface area contributed by atoms with Gasteiger partial charge in [0.15, 0.2) is 0 Å². The Kier molecular flexibility index (Phi) is 2.63. The Morgan fingerprint density at radius 1 is 1.53 bits per heavy atom. The molecule has 0 bridgehead atoms. The van der Waals surface area contributed by atoms with Gasteiger partial charge in [-0.2, -0.15) is 0 Å². The molecule has 0 fully saturated rings. The summed E-state index contributed by atoms with van der Waals surface area (Å²) >= 11 is 0. The van der Waals surface area contributed by atoms with E-state index in [1.165, 1.54) is 18.2 Å². The van der Waals surface area contributed by atoms with E-state index in [1.807, 2.05) is 0 Å². The predicted octanol–water partition coefficient (Wildman–Crippen LogP) is 1.14. The second kappa shape index (κ2) is 3.79. The van der Waals surface area contributed by atoms with Crippen molar-refractivity contribution in [1.82, 2.24) is 0 Å². The molecular weight excluding hydrogens is 197 g/mol. The van der Waals surface area contributed by atoms with E-state index in [2.05, 4.69) is 0 Å². The average Bonchev–Trinajstić information content (AvgIpc) is 2.40. The normalized spacial score (nSPS) is 25.3. The SMILES string of the molecule is NCC1(O)CCCOc2ccc(F)cc21. The van der Waals surface area contributed by atoms with Crippen molar-refractivity contribution in [3.63, 3.8) is 0 Å². The van der Waals surface area contributed by atoms with Crippen LogP contribution in [0.25, 0.3) is 0 Å². The van der Waals surface area contributed by atoms with E-state index in [9.17, 15) is 9.50 Å². The third-order valence-electron chi connectivity index (χ3n) is 2.77. The number of hydrogen-bond acceptors (Lipinski definition) is 3. The predicted molar refractivity (Wildman–Crippen MR) is 54.1 cm³/mol. The molecule has 0 aromatic heterocycles. The van der Waals surface area contributed by atoms with Crippen molar-refractivity contribution in [3.05, 3.63) is 29.6 Å². The molecule has 1 aliphatic heterocycles. The number of ether oxygens (including phenoxy) is 1. The molecule has 3 N–H and O–H groups in total. The van der Waals surface area contributed by atoms with Crippen LogP contribution in [-0.2, 0) is 5.60 Å². The van der Waals surface area contributed by atoms with Crippen LogP contribution in [0.4, 0.5) is 4.39 Å². The number of nitrogens with two attached hydrogens (primary N) is 1. The monoisotopic (exact) mass is 211 g/mol. The minimum Gasteiger partial charge on any atom is -0.493 e. The van der Waals surface area contributed by atoms with Gasteiger partial charge in [-0.05, 0) is 31.0 Å². The van der Waals surface area contributed by atoms with Crippen molar-refractivity contribution >= 4 is 0 Å². The zero-order valence-electron chi connectivity index (χ0n) is 8.37. The second-order valence-corrected chi connectivity index (χ2v) is 3.83. The molecule has 0 spiro atoms. The molecule has 0 saturated carbocycles. The second-order valence-electron chi connectivity index (χ2n) is 3.83. The Balaban J connectivity index is 2.52. The van der Waals surface area contributed by atoms with Gasteiger partial charge in [-0.3, -0.25) is 0 Å². The van der Waals surface area contributed by atoms with Crippen molar-refractivity contribution in [1.29, 1.82) is 0 Å². The van der Waals surface area contributed by atoms with Crippen molar-refractivity contribution < 1.29 is 14.2 Å². The van der Waals surface area contributed by atoms with Gasteiger partial charge in [0.1, 0.15) is 17.2 Å². The number of fused-ring (bicyclic) bond motifs is 1. The van der Waals surface area contributed by atoms with Crippen LogP contribution in [0.5, 0.6) is 5.75 Å². The molecule has 1 atom stereocenters. The zero-order chi connectivity index (χ0) is 10.9. The first kappa shape index (κ1) is 10.4. The summed E-state index contributed by atoms with van der Waals surface area (Å²) in [4.78, 5) is 0. The Bertz CT molecular complexity index is 370. The summed E-state index contributed by atoms with van der Waals surface area (Å²) in [5.41, 5.74) is 4.85. The van der Waals surface area contributed by atoms with Crippen LogP contribution in [0.15, 0.2) is 18.2 Å². The van der Waals surface area contributed by atoms with Gasteiger partial charge in [0, 0.05) is 12.1 Å². The molecule has 4 heteroatoms. The van der Waals surface area contributed by atoms with Crippen LogP contribution in [-0.4, -0.2) is 18.3 Å². The largest absolute Gasteiger partial charge is 0.493 e. The van der Waals surface area contributed by atoms with E-state index in [0.29, 0.717) is 30.8 Å². The molecule has 1 aliphatic rings. The first-order valence-corrected chi connectivity index (χ1v) is 5.01. The molecule has 0 aliphatic carbocycles. The van der Waals surface area contributed by atoms with E-state index in [0.717, 1.165) is 0 Å². The minimum absolute atomic E-state index is 0.0762. The maximum absolute atomic E-state index is 13.1. The molecule has 1 aromatic rings. The summed E-state index contributed by atoms with van der Waals surface area (Å²) in [7, 11) is 0. The Morgan fingerprint density at radius 2 is 2.33 bits per heavy atom. The Hall–Kier alpha value is -1.13. The highest BCUT2D eigenvalue weighted by molar-refractivity contribution is 5.39. The molecule has 2 rings (SSSR count). The number of aliphatic hydroxyl groups is 1. The molecule has 1 aromatic carbocycles. The van der Waals surface area contributed by atoms with Crippen LogP contribution in [0.1, 0.15) is 18.4 Å². The standard InChI is InChI=1S/C11H14FNO2/c12-8-2-3-10-9(6-8)11(14,7-13)4-1-5-15-10/h2-3,6,14H,1,4-5,7,13H2. The fraction of sp³-hybridized carbons (Fsp3) is 0.455. The molecule has 3 nitrogen and oxygen atoms in total. The quantitative estimate of drug-likeness (QED) is 0.732. The highest BCUT2D eigenvalue weighted by Crippen LogP contribution is 2.36. The van der Waals surface area contributed by atoms with Gasteiger partial charge in [-0.1, -0.05) is 0 Å². The van der Waals surface area contributed by atoms with E-state index < -0.39 is 5.60 Å². The summed E-state index contributed by atoms with van der Waals surface area (Å²) < 4.78 is 18.5. The van der Waals surface area contributed by atoms with Crippen LogP contribution >= 0.6 is 0 Å². The van der Waals surface area contributed by atoms with Gasteiger partial charge >= 0.3 is 0 Å². The number of rotatable bonds is 1. The summed E-state index contributed by atoms with van der Waals surface area (Å²) in [5.74, 6) is 0.146. The molecule has 0 saturated heterocycles. The average molecular weight is 211 g/mol. The number of hydrogen-bond donors (Lipinski definition) is 2. The first-order valence-electron chi connectivity index (χ1n) is 5.01. The van der Waals surface area contributed by atoms with Gasteiger partial charge in [-0.25, -0.2) is 4.39 Å². The Morgan fingerprint density at radius 3 is 3.07 bits per heavy atom. The lowest BCUT2D eigenvalue weighted by atomic mass is 9.89. The fourth-order valence-electron chi connectivity index (χ4n) is 1.89. The smallest absolute Gasteiger partial charge is 0.125 e. The van der Waals surface area contributed by atoms with Crippen molar-refractivity contribution in [2.45, 2.75) is 18.4 Å². The molecular formula is C11H14FNO2. The third-order valence-corrected chi connectivity index (χ3v) is 2.77. The van der Waals surface area contributed by atoms with E-state index in [-0.39, 0.29) is 12.4 Å². The maximum Gasteiger partial charge on any atom is 0.125 e. The maximum atomic E-state index is 13.1. The fourth-order valence-corrected chi connectivity index (χ4v) is 1.89. The number of benzene rings is 1. The van der Waals surface area contributed by atoms with E-state index in [4.69, 9.17) is 10.5 Å². The molecule has 0 radical (unpaired) electrons. The zero-order valence-corrected chi connectivity index (χ0v) is 8.37. The molecule has 1 heterocycles. The summed E-state index contributed by atoms with van der Waals surface area (Å²) in [5, 5.41) is 10.3. The van der Waals surface area contributed by atoms with Gasteiger partial charge in [0.2, 0.25) is 0 Å². The van der Waals surface area contributed by atoms with Crippen LogP contribution in [0.2, 0.25) is 0 Å². The van der Waals surface area contributed by atoms with Gasteiger partial charge in [0.25, 0.3) is 0 Å².